The average Bonchev–Trinajstić information content (AvgIpc) is 2.93. The zero-order valence-corrected chi connectivity index (χ0v) is 19.1. The van der Waals surface area contributed by atoms with Gasteiger partial charge in [-0.15, -0.1) is 0 Å². The summed E-state index contributed by atoms with van der Waals surface area (Å²) in [6.45, 7) is 3.75. The number of aliphatic hydroxyl groups is 3. The smallest absolute Gasteiger partial charge is 0.245 e. The third kappa shape index (κ3) is 7.87. The van der Waals surface area contributed by atoms with Crippen LogP contribution in [0, 0.1) is 17.6 Å². The molecule has 1 saturated heterocycles. The summed E-state index contributed by atoms with van der Waals surface area (Å²) >= 11 is 0. The molecule has 0 spiro atoms. The van der Waals surface area contributed by atoms with Crippen LogP contribution in [0.2, 0.25) is 0 Å². The molecule has 0 bridgehead atoms. The third-order valence-corrected chi connectivity index (χ3v) is 5.81. The van der Waals surface area contributed by atoms with Crippen molar-refractivity contribution in [3.63, 3.8) is 0 Å². The molecule has 0 aliphatic carbocycles. The van der Waals surface area contributed by atoms with E-state index in [-0.39, 0.29) is 12.5 Å². The van der Waals surface area contributed by atoms with E-state index < -0.39 is 47.8 Å². The number of benzene rings is 1. The lowest BCUT2D eigenvalue weighted by Crippen LogP contribution is -2.52. The Morgan fingerprint density at radius 2 is 1.85 bits per heavy atom. The second kappa shape index (κ2) is 12.8. The zero-order chi connectivity index (χ0) is 24.5. The maximum Gasteiger partial charge on any atom is 0.245 e. The highest BCUT2D eigenvalue weighted by molar-refractivity contribution is 5.88. The molecular weight excluding hydrogens is 434 g/mol. The molecule has 0 unspecified atom stereocenters. The number of unbranched alkanes of at least 4 members (excludes halogenated alkanes) is 1. The predicted molar refractivity (Wildman–Crippen MR) is 119 cm³/mol. The van der Waals surface area contributed by atoms with Crippen molar-refractivity contribution in [2.45, 2.75) is 76.9 Å². The summed E-state index contributed by atoms with van der Waals surface area (Å²) in [4.78, 5) is 27.1. The minimum atomic E-state index is -1.57. The lowest BCUT2D eigenvalue weighted by Gasteiger charge is -2.28. The Morgan fingerprint density at radius 1 is 1.18 bits per heavy atom. The number of nitrogens with zero attached hydrogens (tertiary/aromatic N) is 1. The van der Waals surface area contributed by atoms with Gasteiger partial charge in [-0.25, -0.2) is 8.78 Å². The highest BCUT2D eigenvalue weighted by Gasteiger charge is 2.35. The Hall–Kier alpha value is -2.36. The molecule has 0 radical (unpaired) electrons. The van der Waals surface area contributed by atoms with Crippen LogP contribution in [-0.2, 0) is 16.1 Å². The number of carbonyl (C=O) groups excluding carboxylic acids is 2. The van der Waals surface area contributed by atoms with Gasteiger partial charge in [0.05, 0.1) is 12.0 Å². The minimum absolute atomic E-state index is 0.00701. The van der Waals surface area contributed by atoms with Gasteiger partial charge in [-0.2, -0.15) is 0 Å². The highest BCUT2D eigenvalue weighted by Crippen LogP contribution is 2.19. The molecule has 2 rings (SSSR count). The molecule has 184 valence electrons. The normalized spacial score (nSPS) is 20.9. The first-order chi connectivity index (χ1) is 15.6. The standard InChI is InChI=1S/C24H34F2N2O5/c1-3-4-5-9-20(29)22(31)21(30)15(2)23(32)27-19-8-6-7-10-28(24(19)33)14-16-11-17(25)13-18(26)12-16/h5,9,11-13,15,19-22,29-31H,3-4,6-8,10,14H2,1-2H3,(H,27,32)/t15-,19+,20-,21-,22+/m1/s1. The Bertz CT molecular complexity index is 815. The van der Waals surface area contributed by atoms with E-state index in [1.807, 2.05) is 6.92 Å². The summed E-state index contributed by atoms with van der Waals surface area (Å²) in [5.41, 5.74) is 0.310. The number of halogens is 2. The number of aliphatic hydroxyl groups excluding tert-OH is 3. The Morgan fingerprint density at radius 3 is 2.48 bits per heavy atom. The van der Waals surface area contributed by atoms with Crippen molar-refractivity contribution in [2.24, 2.45) is 5.92 Å². The fourth-order valence-corrected chi connectivity index (χ4v) is 3.79. The monoisotopic (exact) mass is 468 g/mol. The fraction of sp³-hybridized carbons (Fsp3) is 0.583. The van der Waals surface area contributed by atoms with E-state index in [0.29, 0.717) is 37.8 Å². The van der Waals surface area contributed by atoms with E-state index in [1.165, 1.54) is 17.9 Å². The van der Waals surface area contributed by atoms with Gasteiger partial charge in [0.15, 0.2) is 0 Å². The van der Waals surface area contributed by atoms with E-state index in [9.17, 15) is 33.7 Å². The first kappa shape index (κ1) is 26.9. The number of hydrogen-bond acceptors (Lipinski definition) is 5. The number of likely N-dealkylation sites (tertiary alicyclic amines) is 1. The van der Waals surface area contributed by atoms with Gasteiger partial charge in [0.1, 0.15) is 29.9 Å². The molecule has 0 aromatic heterocycles. The first-order valence-corrected chi connectivity index (χ1v) is 11.4. The second-order valence-corrected chi connectivity index (χ2v) is 8.57. The molecule has 7 nitrogen and oxygen atoms in total. The van der Waals surface area contributed by atoms with Crippen molar-refractivity contribution in [3.8, 4) is 0 Å². The summed E-state index contributed by atoms with van der Waals surface area (Å²) in [6.07, 6.45) is 1.91. The number of allylic oxidation sites excluding steroid dienone is 1. The number of rotatable bonds is 10. The van der Waals surface area contributed by atoms with Gasteiger partial charge >= 0.3 is 0 Å². The summed E-state index contributed by atoms with van der Waals surface area (Å²) < 4.78 is 27.0. The van der Waals surface area contributed by atoms with E-state index in [0.717, 1.165) is 24.6 Å². The van der Waals surface area contributed by atoms with Crippen LogP contribution in [0.4, 0.5) is 8.78 Å². The van der Waals surface area contributed by atoms with E-state index in [2.05, 4.69) is 5.32 Å². The van der Waals surface area contributed by atoms with Crippen LogP contribution in [0.25, 0.3) is 0 Å². The summed E-state index contributed by atoms with van der Waals surface area (Å²) in [5.74, 6) is -3.56. The van der Waals surface area contributed by atoms with Gasteiger partial charge < -0.3 is 25.5 Å². The summed E-state index contributed by atoms with van der Waals surface area (Å²) in [6, 6.07) is 2.22. The van der Waals surface area contributed by atoms with Gasteiger partial charge in [0.25, 0.3) is 0 Å². The SMILES string of the molecule is CCCC=C[C@@H](O)[C@H](O)[C@H](O)[C@@H](C)C(=O)N[C@H]1CCCCN(Cc2cc(F)cc(F)c2)C1=O. The molecule has 9 heteroatoms. The van der Waals surface area contributed by atoms with Crippen LogP contribution >= 0.6 is 0 Å². The lowest BCUT2D eigenvalue weighted by molar-refractivity contribution is -0.140. The van der Waals surface area contributed by atoms with Crippen molar-refractivity contribution in [1.29, 1.82) is 0 Å². The van der Waals surface area contributed by atoms with Crippen molar-refractivity contribution >= 4 is 11.8 Å². The number of amides is 2. The molecule has 4 N–H and O–H groups in total. The van der Waals surface area contributed by atoms with Crippen molar-refractivity contribution in [3.05, 3.63) is 47.5 Å². The van der Waals surface area contributed by atoms with E-state index in [1.54, 1.807) is 6.08 Å². The molecule has 2 amide bonds. The van der Waals surface area contributed by atoms with Crippen molar-refractivity contribution in [2.75, 3.05) is 6.54 Å². The number of carbonyl (C=O) groups is 2. The Balaban J connectivity index is 2.01. The Kier molecular flexibility index (Phi) is 10.4. The van der Waals surface area contributed by atoms with Gasteiger partial charge in [0.2, 0.25) is 11.8 Å². The van der Waals surface area contributed by atoms with Crippen LogP contribution in [0.3, 0.4) is 0 Å². The first-order valence-electron chi connectivity index (χ1n) is 11.4. The molecule has 33 heavy (non-hydrogen) atoms. The predicted octanol–water partition coefficient (Wildman–Crippen LogP) is 2.04. The van der Waals surface area contributed by atoms with Crippen LogP contribution in [0.1, 0.15) is 51.5 Å². The van der Waals surface area contributed by atoms with E-state index >= 15 is 0 Å². The van der Waals surface area contributed by atoms with E-state index in [4.69, 9.17) is 0 Å². The maximum atomic E-state index is 13.5. The second-order valence-electron chi connectivity index (χ2n) is 8.57. The number of nitrogens with one attached hydrogen (secondary N) is 1. The zero-order valence-electron chi connectivity index (χ0n) is 19.1. The highest BCUT2D eigenvalue weighted by atomic mass is 19.1. The van der Waals surface area contributed by atoms with Gasteiger partial charge in [-0.3, -0.25) is 9.59 Å². The quantitative estimate of drug-likeness (QED) is 0.393. The van der Waals surface area contributed by atoms with Gasteiger partial charge in [0, 0.05) is 19.2 Å². The van der Waals surface area contributed by atoms with Crippen LogP contribution < -0.4 is 5.32 Å². The molecule has 1 aromatic rings. The molecule has 1 fully saturated rings. The molecule has 0 saturated carbocycles. The fourth-order valence-electron chi connectivity index (χ4n) is 3.79. The van der Waals surface area contributed by atoms with Crippen molar-refractivity contribution < 1.29 is 33.7 Å². The molecule has 1 aliphatic rings. The molecule has 5 atom stereocenters. The van der Waals surface area contributed by atoms with Crippen LogP contribution in [0.5, 0.6) is 0 Å². The largest absolute Gasteiger partial charge is 0.389 e. The molecular formula is C24H34F2N2O5. The van der Waals surface area contributed by atoms with Gasteiger partial charge in [-0.1, -0.05) is 32.4 Å². The third-order valence-electron chi connectivity index (χ3n) is 5.81. The van der Waals surface area contributed by atoms with Crippen LogP contribution in [0.15, 0.2) is 30.4 Å². The van der Waals surface area contributed by atoms with Crippen LogP contribution in [-0.4, -0.2) is 62.9 Å². The maximum absolute atomic E-state index is 13.5. The molecule has 1 aliphatic heterocycles. The van der Waals surface area contributed by atoms with Crippen molar-refractivity contribution in [1.82, 2.24) is 10.2 Å². The summed E-state index contributed by atoms with van der Waals surface area (Å²) in [5, 5.41) is 33.2. The molecule has 1 aromatic carbocycles. The summed E-state index contributed by atoms with van der Waals surface area (Å²) in [7, 11) is 0. The Labute approximate surface area is 193 Å². The van der Waals surface area contributed by atoms with Gasteiger partial charge in [-0.05, 0) is 43.4 Å². The topological polar surface area (TPSA) is 110 Å². The molecule has 1 heterocycles. The average molecular weight is 469 g/mol. The lowest BCUT2D eigenvalue weighted by atomic mass is 9.94. The minimum Gasteiger partial charge on any atom is -0.389 e. The number of hydrogen-bond donors (Lipinski definition) is 4.